The summed E-state index contributed by atoms with van der Waals surface area (Å²) in [6.07, 6.45) is 0. The molecule has 2 aromatic rings. The van der Waals surface area contributed by atoms with Crippen LogP contribution in [-0.2, 0) is 0 Å². The molecule has 0 aliphatic rings. The molecule has 7 heavy (non-hydrogen) atoms. The molecule has 0 saturated heterocycles. The molecular formula is H2P4Se3. The zero-order valence-electron chi connectivity index (χ0n) is 3.12. The van der Waals surface area contributed by atoms with Gasteiger partial charge in [0, 0.05) is 0 Å². The molecule has 7 heteroatoms. The minimum atomic E-state index is 0.834. The number of rotatable bonds is 0. The van der Waals surface area contributed by atoms with E-state index in [2.05, 4.69) is 0 Å². The van der Waals surface area contributed by atoms with Crippen LogP contribution in [0, 0.1) is 0 Å². The quantitative estimate of drug-likeness (QED) is 0.627. The Morgan fingerprint density at radius 3 is 2.00 bits per heavy atom. The average Bonchev–Trinajstić information content (AvgIpc) is 2.22. The van der Waals surface area contributed by atoms with Crippen molar-refractivity contribution in [3.05, 3.63) is 0 Å². The summed E-state index contributed by atoms with van der Waals surface area (Å²) >= 11 is 3.85. The Labute approximate surface area is 61.8 Å². The van der Waals surface area contributed by atoms with E-state index in [0.29, 0.717) is 0 Å². The van der Waals surface area contributed by atoms with Gasteiger partial charge in [-0.05, 0) is 0 Å². The van der Waals surface area contributed by atoms with Crippen molar-refractivity contribution in [2.24, 2.45) is 0 Å². The Morgan fingerprint density at radius 2 is 1.86 bits per heavy atom. The molecule has 0 amide bonds. The first-order valence-electron chi connectivity index (χ1n) is 1.59. The summed E-state index contributed by atoms with van der Waals surface area (Å²) in [7, 11) is 0. The van der Waals surface area contributed by atoms with Gasteiger partial charge in [0.05, 0.1) is 0 Å². The molecule has 0 spiro atoms. The van der Waals surface area contributed by atoms with E-state index in [4.69, 9.17) is 0 Å². The fraction of sp³-hybridized carbons (Fsp3) is 0. The fourth-order valence-electron chi connectivity index (χ4n) is 0.311. The number of hydrogen-bond donors (Lipinski definition) is 0. The molecule has 0 saturated carbocycles. The summed E-state index contributed by atoms with van der Waals surface area (Å²) in [5, 5.41) is 0.834. The zero-order valence-corrected chi connectivity index (χ0v) is 12.0. The van der Waals surface area contributed by atoms with E-state index in [0.717, 1.165) is 8.67 Å². The molecule has 0 nitrogen and oxygen atoms in total. The van der Waals surface area contributed by atoms with E-state index < -0.39 is 0 Å². The van der Waals surface area contributed by atoms with Crippen LogP contribution in [0.1, 0.15) is 0 Å². The second-order valence-electron chi connectivity index (χ2n) is 0.965. The van der Waals surface area contributed by atoms with Gasteiger partial charge in [0.25, 0.3) is 0 Å². The number of hydrogen-bond acceptors (Lipinski definition) is 0. The van der Waals surface area contributed by atoms with Crippen molar-refractivity contribution in [3.8, 4) is 0 Å². The predicted octanol–water partition coefficient (Wildman–Crippen LogP) is 1.77. The van der Waals surface area contributed by atoms with E-state index in [1.807, 2.05) is 0 Å². The van der Waals surface area contributed by atoms with Gasteiger partial charge in [-0.15, -0.1) is 0 Å². The second kappa shape index (κ2) is 2.79. The Balaban J connectivity index is 3.18. The summed E-state index contributed by atoms with van der Waals surface area (Å²) in [5.41, 5.74) is 0. The first-order chi connectivity index (χ1) is 3.45. The topological polar surface area (TPSA) is 0 Å². The molecule has 0 radical (unpaired) electrons. The number of fused-ring (bicyclic) bond motifs is 2. The van der Waals surface area contributed by atoms with Gasteiger partial charge in [0.15, 0.2) is 0 Å². The summed E-state index contributed by atoms with van der Waals surface area (Å²) in [6, 6.07) is 0. The first kappa shape index (κ1) is 6.47. The van der Waals surface area contributed by atoms with Gasteiger partial charge in [-0.3, -0.25) is 0 Å². The summed E-state index contributed by atoms with van der Waals surface area (Å²) < 4.78 is 0.872. The summed E-state index contributed by atoms with van der Waals surface area (Å²) in [4.78, 5) is 0. The molecule has 2 aromatic heterocycles. The molecule has 2 rings (SSSR count). The fourth-order valence-corrected chi connectivity index (χ4v) is 214. The van der Waals surface area contributed by atoms with Crippen molar-refractivity contribution in [2.45, 2.75) is 0 Å². The predicted molar refractivity (Wildman–Crippen MR) is 47.7 cm³/mol. The molecule has 0 fully saturated rings. The molecule has 2 heterocycles. The molecule has 40 valence electrons. The van der Waals surface area contributed by atoms with Gasteiger partial charge in [0.2, 0.25) is 0 Å². The van der Waals surface area contributed by atoms with E-state index in [1.165, 1.54) is 40.8 Å². The average molecular weight is 363 g/mol. The molecule has 2 atom stereocenters. The molecule has 0 aromatic carbocycles. The Morgan fingerprint density at radius 1 is 1.14 bits per heavy atom. The van der Waals surface area contributed by atoms with Crippen LogP contribution in [0.2, 0.25) is 0 Å². The van der Waals surface area contributed by atoms with Crippen LogP contribution in [0.3, 0.4) is 0 Å². The van der Waals surface area contributed by atoms with Crippen LogP contribution in [0.4, 0.5) is 0 Å². The summed E-state index contributed by atoms with van der Waals surface area (Å²) in [5.74, 6) is 0. The zero-order chi connectivity index (χ0) is 4.69. The van der Waals surface area contributed by atoms with Gasteiger partial charge in [-0.1, -0.05) is 0 Å². The van der Waals surface area contributed by atoms with Crippen LogP contribution in [-0.4, -0.2) is 40.8 Å². The van der Waals surface area contributed by atoms with Crippen LogP contribution in [0.5, 0.6) is 0 Å². The van der Waals surface area contributed by atoms with Crippen LogP contribution >= 0.6 is 21.7 Å². The van der Waals surface area contributed by atoms with Crippen LogP contribution in [0.15, 0.2) is 0 Å². The SMILES string of the molecule is [pH]1[se]p2[se][pH]p1[se]2. The van der Waals surface area contributed by atoms with E-state index >= 15 is 0 Å². The van der Waals surface area contributed by atoms with E-state index in [9.17, 15) is 0 Å². The third kappa shape index (κ3) is 1.42. The van der Waals surface area contributed by atoms with Crippen molar-refractivity contribution in [1.29, 1.82) is 0 Å². The Bertz CT molecular complexity index is 203. The van der Waals surface area contributed by atoms with Gasteiger partial charge in [-0.2, -0.15) is 0 Å². The standard InChI is InChI=1S/H2P4Se3/c1-3-2-6-4(5-1)7-3/h1-2H. The normalized spacial score (nSPS) is 18.3. The van der Waals surface area contributed by atoms with Gasteiger partial charge in [0.1, 0.15) is 0 Å². The van der Waals surface area contributed by atoms with Crippen LogP contribution in [0.25, 0.3) is 0 Å². The molecular weight excluding hydrogens is 361 g/mol. The molecule has 0 aliphatic carbocycles. The molecule has 0 aliphatic heterocycles. The monoisotopic (exact) mass is 366 g/mol. The molecule has 2 bridgehead atoms. The van der Waals surface area contributed by atoms with Gasteiger partial charge in [-0.25, -0.2) is 0 Å². The van der Waals surface area contributed by atoms with Crippen molar-refractivity contribution < 1.29 is 0 Å². The first-order valence-corrected chi connectivity index (χ1v) is 21.8. The second-order valence-corrected chi connectivity index (χ2v) is 50.6. The van der Waals surface area contributed by atoms with Gasteiger partial charge < -0.3 is 0 Å². The molecule has 2 unspecified atom stereocenters. The molecule has 0 N–H and O–H groups in total. The third-order valence-corrected chi connectivity index (χ3v) is 106. The third-order valence-electron chi connectivity index (χ3n) is 0.545. The van der Waals surface area contributed by atoms with Gasteiger partial charge >= 0.3 is 62.5 Å². The van der Waals surface area contributed by atoms with Crippen molar-refractivity contribution in [2.75, 3.05) is 0 Å². The van der Waals surface area contributed by atoms with Crippen molar-refractivity contribution in [1.82, 2.24) is 0 Å². The minimum absolute atomic E-state index is 0.834. The van der Waals surface area contributed by atoms with Crippen LogP contribution < -0.4 is 0 Å². The summed E-state index contributed by atoms with van der Waals surface area (Å²) in [6.45, 7) is 3.12. The maximum atomic E-state index is 1.56. The van der Waals surface area contributed by atoms with Crippen molar-refractivity contribution in [3.63, 3.8) is 0 Å². The van der Waals surface area contributed by atoms with E-state index in [-0.39, 0.29) is 0 Å². The maximum absolute atomic E-state index is 1.56. The Kier molecular flexibility index (Phi) is 2.57. The Hall–Kier alpha value is 2.76. The van der Waals surface area contributed by atoms with Crippen molar-refractivity contribution >= 4 is 62.5 Å². The van der Waals surface area contributed by atoms with E-state index in [1.54, 1.807) is 13.1 Å².